The van der Waals surface area contributed by atoms with Gasteiger partial charge in [0.1, 0.15) is 0 Å². The van der Waals surface area contributed by atoms with Gasteiger partial charge in [-0.05, 0) is 32.6 Å². The maximum absolute atomic E-state index is 9.43. The van der Waals surface area contributed by atoms with E-state index < -0.39 is 0 Å². The van der Waals surface area contributed by atoms with Gasteiger partial charge in [0.2, 0.25) is 0 Å². The van der Waals surface area contributed by atoms with Crippen molar-refractivity contribution in [1.29, 1.82) is 0 Å². The molecule has 13 heavy (non-hydrogen) atoms. The number of aliphatic hydroxyl groups is 1. The maximum atomic E-state index is 9.43. The molecule has 1 saturated heterocycles. The Morgan fingerprint density at radius 1 is 1.15 bits per heavy atom. The first kappa shape index (κ1) is 9.47. The Kier molecular flexibility index (Phi) is 2.61. The standard InChI is InChI=1S/C11H21NO/c1-11(6-2-3-7-11)12-8-4-10(13)5-9-12/h10,13H,2-9H2,1H3. The van der Waals surface area contributed by atoms with Crippen molar-refractivity contribution in [3.63, 3.8) is 0 Å². The Balaban J connectivity index is 1.93. The molecule has 2 rings (SSSR count). The molecule has 1 aliphatic heterocycles. The van der Waals surface area contributed by atoms with E-state index in [1.807, 2.05) is 0 Å². The molecule has 76 valence electrons. The van der Waals surface area contributed by atoms with E-state index in [0.29, 0.717) is 5.54 Å². The maximum Gasteiger partial charge on any atom is 0.0564 e. The lowest BCUT2D eigenvalue weighted by molar-refractivity contribution is 0.0254. The van der Waals surface area contributed by atoms with E-state index in [1.54, 1.807) is 0 Å². The number of nitrogens with zero attached hydrogens (tertiary/aromatic N) is 1. The molecule has 2 heteroatoms. The highest BCUT2D eigenvalue weighted by atomic mass is 16.3. The van der Waals surface area contributed by atoms with E-state index in [9.17, 15) is 5.11 Å². The van der Waals surface area contributed by atoms with Crippen LogP contribution >= 0.6 is 0 Å². The highest BCUT2D eigenvalue weighted by Crippen LogP contribution is 2.36. The van der Waals surface area contributed by atoms with Gasteiger partial charge in [-0.1, -0.05) is 12.8 Å². The Hall–Kier alpha value is -0.0800. The van der Waals surface area contributed by atoms with Gasteiger partial charge in [0, 0.05) is 18.6 Å². The average molecular weight is 183 g/mol. The van der Waals surface area contributed by atoms with Crippen molar-refractivity contribution in [2.75, 3.05) is 13.1 Å². The SMILES string of the molecule is CC1(N2CCC(O)CC2)CCCC1. The van der Waals surface area contributed by atoms with E-state index in [2.05, 4.69) is 11.8 Å². The fourth-order valence-electron chi connectivity index (χ4n) is 2.86. The molecule has 1 aliphatic carbocycles. The molecule has 2 nitrogen and oxygen atoms in total. The van der Waals surface area contributed by atoms with Crippen molar-refractivity contribution in [1.82, 2.24) is 4.90 Å². The summed E-state index contributed by atoms with van der Waals surface area (Å²) in [5, 5.41) is 9.43. The van der Waals surface area contributed by atoms with E-state index in [-0.39, 0.29) is 6.10 Å². The number of hydrogen-bond donors (Lipinski definition) is 1. The predicted molar refractivity (Wildman–Crippen MR) is 53.7 cm³/mol. The van der Waals surface area contributed by atoms with Crippen LogP contribution in [-0.2, 0) is 0 Å². The fraction of sp³-hybridized carbons (Fsp3) is 1.00. The molecule has 0 atom stereocenters. The second-order valence-corrected chi connectivity index (χ2v) is 4.92. The summed E-state index contributed by atoms with van der Waals surface area (Å²) in [5.41, 5.74) is 0.472. The Morgan fingerprint density at radius 2 is 1.69 bits per heavy atom. The topological polar surface area (TPSA) is 23.5 Å². The smallest absolute Gasteiger partial charge is 0.0564 e. The minimum Gasteiger partial charge on any atom is -0.393 e. The quantitative estimate of drug-likeness (QED) is 0.670. The van der Waals surface area contributed by atoms with Gasteiger partial charge >= 0.3 is 0 Å². The zero-order valence-electron chi connectivity index (χ0n) is 8.63. The molecule has 1 saturated carbocycles. The molecule has 0 aromatic heterocycles. The van der Waals surface area contributed by atoms with Gasteiger partial charge in [-0.2, -0.15) is 0 Å². The first-order valence-electron chi connectivity index (χ1n) is 5.64. The zero-order chi connectivity index (χ0) is 9.31. The third kappa shape index (κ3) is 1.89. The lowest BCUT2D eigenvalue weighted by Crippen LogP contribution is -2.49. The molecule has 1 heterocycles. The highest BCUT2D eigenvalue weighted by molar-refractivity contribution is 4.92. The largest absolute Gasteiger partial charge is 0.393 e. The van der Waals surface area contributed by atoms with Crippen LogP contribution in [0.4, 0.5) is 0 Å². The Morgan fingerprint density at radius 3 is 2.23 bits per heavy atom. The third-order valence-electron chi connectivity index (χ3n) is 3.91. The second-order valence-electron chi connectivity index (χ2n) is 4.92. The summed E-state index contributed by atoms with van der Waals surface area (Å²) in [4.78, 5) is 2.60. The van der Waals surface area contributed by atoms with Crippen LogP contribution in [0.2, 0.25) is 0 Å². The normalized spacial score (nSPS) is 30.9. The van der Waals surface area contributed by atoms with E-state index in [4.69, 9.17) is 0 Å². The average Bonchev–Trinajstić information content (AvgIpc) is 2.54. The van der Waals surface area contributed by atoms with Crippen LogP contribution in [0.3, 0.4) is 0 Å². The second kappa shape index (κ2) is 3.58. The van der Waals surface area contributed by atoms with Gasteiger partial charge in [0.05, 0.1) is 6.10 Å². The van der Waals surface area contributed by atoms with Crippen LogP contribution in [0.1, 0.15) is 45.4 Å². The van der Waals surface area contributed by atoms with Crippen LogP contribution in [0, 0.1) is 0 Å². The minimum absolute atomic E-state index is 0.0266. The van der Waals surface area contributed by atoms with E-state index in [0.717, 1.165) is 25.9 Å². The summed E-state index contributed by atoms with van der Waals surface area (Å²) in [6, 6.07) is 0. The molecule has 0 spiro atoms. The van der Waals surface area contributed by atoms with Gasteiger partial charge in [0.25, 0.3) is 0 Å². The summed E-state index contributed by atoms with van der Waals surface area (Å²) in [7, 11) is 0. The van der Waals surface area contributed by atoms with Gasteiger partial charge in [0.15, 0.2) is 0 Å². The highest BCUT2D eigenvalue weighted by Gasteiger charge is 2.36. The zero-order valence-corrected chi connectivity index (χ0v) is 8.63. The van der Waals surface area contributed by atoms with Crippen LogP contribution < -0.4 is 0 Å². The molecule has 0 aromatic carbocycles. The molecular weight excluding hydrogens is 162 g/mol. The molecule has 0 aromatic rings. The first-order chi connectivity index (χ1) is 6.21. The Labute approximate surface area is 80.9 Å². The van der Waals surface area contributed by atoms with E-state index >= 15 is 0 Å². The molecular formula is C11H21NO. The lowest BCUT2D eigenvalue weighted by Gasteiger charge is -2.42. The molecule has 2 fully saturated rings. The van der Waals surface area contributed by atoms with Crippen LogP contribution in [0.5, 0.6) is 0 Å². The summed E-state index contributed by atoms with van der Waals surface area (Å²) >= 11 is 0. The minimum atomic E-state index is -0.0266. The van der Waals surface area contributed by atoms with Crippen molar-refractivity contribution in [2.24, 2.45) is 0 Å². The number of likely N-dealkylation sites (tertiary alicyclic amines) is 1. The van der Waals surface area contributed by atoms with E-state index in [1.165, 1.54) is 25.7 Å². The first-order valence-corrected chi connectivity index (χ1v) is 5.64. The number of hydrogen-bond acceptors (Lipinski definition) is 2. The summed E-state index contributed by atoms with van der Waals surface area (Å²) in [6.45, 7) is 4.62. The van der Waals surface area contributed by atoms with Gasteiger partial charge in [-0.25, -0.2) is 0 Å². The molecule has 1 N–H and O–H groups in total. The van der Waals surface area contributed by atoms with Gasteiger partial charge in [-0.15, -0.1) is 0 Å². The monoisotopic (exact) mass is 183 g/mol. The summed E-state index contributed by atoms with van der Waals surface area (Å²) in [5.74, 6) is 0. The van der Waals surface area contributed by atoms with Crippen LogP contribution in [-0.4, -0.2) is 34.7 Å². The number of piperidine rings is 1. The van der Waals surface area contributed by atoms with Crippen molar-refractivity contribution in [3.8, 4) is 0 Å². The van der Waals surface area contributed by atoms with Crippen molar-refractivity contribution in [2.45, 2.75) is 57.1 Å². The molecule has 0 bridgehead atoms. The number of aliphatic hydroxyl groups excluding tert-OH is 1. The van der Waals surface area contributed by atoms with Gasteiger partial charge in [-0.3, -0.25) is 4.90 Å². The van der Waals surface area contributed by atoms with Crippen LogP contribution in [0.15, 0.2) is 0 Å². The summed E-state index contributed by atoms with van der Waals surface area (Å²) in [6.07, 6.45) is 7.46. The summed E-state index contributed by atoms with van der Waals surface area (Å²) < 4.78 is 0. The Bertz CT molecular complexity index is 167. The van der Waals surface area contributed by atoms with Crippen molar-refractivity contribution in [3.05, 3.63) is 0 Å². The molecule has 0 unspecified atom stereocenters. The van der Waals surface area contributed by atoms with Crippen molar-refractivity contribution < 1.29 is 5.11 Å². The van der Waals surface area contributed by atoms with Crippen molar-refractivity contribution >= 4 is 0 Å². The molecule has 2 aliphatic rings. The third-order valence-corrected chi connectivity index (χ3v) is 3.91. The molecule has 0 amide bonds. The lowest BCUT2D eigenvalue weighted by atomic mass is 9.94. The molecule has 0 radical (unpaired) electrons. The number of rotatable bonds is 1. The fourth-order valence-corrected chi connectivity index (χ4v) is 2.86. The van der Waals surface area contributed by atoms with Gasteiger partial charge < -0.3 is 5.11 Å². The van der Waals surface area contributed by atoms with Crippen LogP contribution in [0.25, 0.3) is 0 Å². The predicted octanol–water partition coefficient (Wildman–Crippen LogP) is 1.78.